The molecule has 0 amide bonds. The van der Waals surface area contributed by atoms with E-state index in [2.05, 4.69) is 51.8 Å². The topological polar surface area (TPSA) is 41.6 Å². The summed E-state index contributed by atoms with van der Waals surface area (Å²) in [6.45, 7) is 0. The van der Waals surface area contributed by atoms with Gasteiger partial charge in [0, 0.05) is 0 Å². The Balaban J connectivity index is 0.000000224. The molecule has 94 valence electrons. The van der Waals surface area contributed by atoms with E-state index in [9.17, 15) is 0 Å². The van der Waals surface area contributed by atoms with E-state index in [4.69, 9.17) is 0 Å². The maximum Gasteiger partial charge on any atom is 0.0690 e. The van der Waals surface area contributed by atoms with Gasteiger partial charge in [0.2, 0.25) is 0 Å². The summed E-state index contributed by atoms with van der Waals surface area (Å²) in [5.41, 5.74) is 2.47. The van der Waals surface area contributed by atoms with Gasteiger partial charge in [-0.05, 0) is 11.1 Å². The average molecular weight is 249 g/mol. The lowest BCUT2D eigenvalue weighted by atomic mass is 10.1. The van der Waals surface area contributed by atoms with E-state index in [0.717, 1.165) is 0 Å². The second-order valence-corrected chi connectivity index (χ2v) is 3.81. The van der Waals surface area contributed by atoms with Gasteiger partial charge in [-0.3, -0.25) is 0 Å². The highest BCUT2D eigenvalue weighted by molar-refractivity contribution is 5.69. The van der Waals surface area contributed by atoms with Crippen LogP contribution in [-0.4, -0.2) is 15.4 Å². The zero-order chi connectivity index (χ0) is 13.2. The number of nitrogens with one attached hydrogen (secondary N) is 1. The van der Waals surface area contributed by atoms with E-state index in [1.807, 2.05) is 36.4 Å². The Kier molecular flexibility index (Phi) is 5.11. The lowest BCUT2D eigenvalue weighted by Gasteiger charge is -1.92. The van der Waals surface area contributed by atoms with E-state index in [-0.39, 0.29) is 0 Å². The van der Waals surface area contributed by atoms with Crippen molar-refractivity contribution in [2.24, 2.45) is 0 Å². The Labute approximate surface area is 112 Å². The lowest BCUT2D eigenvalue weighted by molar-refractivity contribution is 0.940. The first-order valence-electron chi connectivity index (χ1n) is 6.03. The Bertz CT molecular complexity index is 513. The van der Waals surface area contributed by atoms with E-state index < -0.39 is 0 Å². The van der Waals surface area contributed by atoms with E-state index in [1.54, 1.807) is 12.4 Å². The van der Waals surface area contributed by atoms with Gasteiger partial charge in [-0.25, -0.2) is 0 Å². The van der Waals surface area contributed by atoms with Crippen molar-refractivity contribution in [2.45, 2.75) is 0 Å². The van der Waals surface area contributed by atoms with Crippen molar-refractivity contribution in [3.63, 3.8) is 0 Å². The number of hydrogen-bond donors (Lipinski definition) is 1. The predicted octanol–water partition coefficient (Wildman–Crippen LogP) is 3.66. The molecular formula is C16H15N3. The quantitative estimate of drug-likeness (QED) is 0.704. The highest BCUT2D eigenvalue weighted by Crippen LogP contribution is 2.06. The molecule has 0 saturated carbocycles. The zero-order valence-electron chi connectivity index (χ0n) is 10.5. The number of rotatable bonds is 2. The van der Waals surface area contributed by atoms with Gasteiger partial charge in [-0.15, -0.1) is 0 Å². The smallest absolute Gasteiger partial charge is 0.0690 e. The zero-order valence-corrected chi connectivity index (χ0v) is 10.5. The van der Waals surface area contributed by atoms with Crippen LogP contribution in [0, 0.1) is 0 Å². The highest BCUT2D eigenvalue weighted by Gasteiger charge is 1.84. The first-order valence-corrected chi connectivity index (χ1v) is 6.03. The molecule has 3 heteroatoms. The van der Waals surface area contributed by atoms with Crippen molar-refractivity contribution in [1.29, 1.82) is 0 Å². The molecule has 1 heterocycles. The molecule has 3 aromatic rings. The predicted molar refractivity (Wildman–Crippen MR) is 78.2 cm³/mol. The summed E-state index contributed by atoms with van der Waals surface area (Å²) < 4.78 is 0. The minimum Gasteiger partial charge on any atom is -0.198 e. The molecule has 1 aromatic heterocycles. The van der Waals surface area contributed by atoms with Crippen molar-refractivity contribution in [1.82, 2.24) is 15.4 Å². The molecule has 0 aliphatic carbocycles. The van der Waals surface area contributed by atoms with Crippen LogP contribution in [0.4, 0.5) is 0 Å². The fourth-order valence-corrected chi connectivity index (χ4v) is 1.49. The molecule has 0 radical (unpaired) electrons. The Morgan fingerprint density at radius 1 is 0.632 bits per heavy atom. The molecule has 0 spiro atoms. The molecule has 0 unspecified atom stereocenters. The number of aromatic nitrogens is 3. The molecule has 0 bridgehead atoms. The van der Waals surface area contributed by atoms with Crippen LogP contribution in [-0.2, 0) is 0 Å². The third kappa shape index (κ3) is 5.00. The van der Waals surface area contributed by atoms with Crippen molar-refractivity contribution >= 4 is 12.2 Å². The molecule has 3 nitrogen and oxygen atoms in total. The van der Waals surface area contributed by atoms with Crippen LogP contribution < -0.4 is 0 Å². The molecule has 0 aliphatic heterocycles. The molecule has 0 atom stereocenters. The number of aromatic amines is 1. The van der Waals surface area contributed by atoms with Crippen LogP contribution in [0.15, 0.2) is 73.1 Å². The summed E-state index contributed by atoms with van der Waals surface area (Å²) in [5, 5.41) is 9.33. The normalized spacial score (nSPS) is 9.89. The van der Waals surface area contributed by atoms with Crippen LogP contribution in [0.2, 0.25) is 0 Å². The molecule has 0 fully saturated rings. The number of nitrogens with zero attached hydrogens (tertiary/aromatic N) is 2. The van der Waals surface area contributed by atoms with Crippen LogP contribution in [0.1, 0.15) is 11.1 Å². The molecule has 1 N–H and O–H groups in total. The van der Waals surface area contributed by atoms with Crippen molar-refractivity contribution in [3.8, 4) is 0 Å². The first-order chi connectivity index (χ1) is 9.45. The standard InChI is InChI=1S/C14H12.C2H3N3/c1-3-7-13(8-4-1)11-12-14-9-5-2-6-10-14;1-2-4-5-3-1/h1-12H;1-2H,(H,3,4,5). The van der Waals surface area contributed by atoms with Gasteiger partial charge in [0.1, 0.15) is 0 Å². The third-order valence-electron chi connectivity index (χ3n) is 2.40. The Hall–Kier alpha value is -2.68. The van der Waals surface area contributed by atoms with Crippen molar-refractivity contribution < 1.29 is 0 Å². The van der Waals surface area contributed by atoms with Gasteiger partial charge < -0.3 is 0 Å². The van der Waals surface area contributed by atoms with Gasteiger partial charge in [0.25, 0.3) is 0 Å². The summed E-state index contributed by atoms with van der Waals surface area (Å²) in [4.78, 5) is 0. The molecule has 0 saturated heterocycles. The first kappa shape index (κ1) is 12.8. The fraction of sp³-hybridized carbons (Fsp3) is 0. The Morgan fingerprint density at radius 3 is 1.37 bits per heavy atom. The van der Waals surface area contributed by atoms with Gasteiger partial charge in [-0.2, -0.15) is 15.4 Å². The fourth-order valence-electron chi connectivity index (χ4n) is 1.49. The van der Waals surface area contributed by atoms with E-state index >= 15 is 0 Å². The molecule has 19 heavy (non-hydrogen) atoms. The molecule has 2 aromatic carbocycles. The molecule has 3 rings (SSSR count). The van der Waals surface area contributed by atoms with Gasteiger partial charge in [0.05, 0.1) is 12.4 Å². The summed E-state index contributed by atoms with van der Waals surface area (Å²) >= 11 is 0. The average Bonchev–Trinajstić information content (AvgIpc) is 3.07. The summed E-state index contributed by atoms with van der Waals surface area (Å²) in [7, 11) is 0. The third-order valence-corrected chi connectivity index (χ3v) is 2.40. The van der Waals surface area contributed by atoms with Gasteiger partial charge in [-0.1, -0.05) is 72.8 Å². The van der Waals surface area contributed by atoms with E-state index in [0.29, 0.717) is 0 Å². The van der Waals surface area contributed by atoms with Crippen molar-refractivity contribution in [2.75, 3.05) is 0 Å². The van der Waals surface area contributed by atoms with Gasteiger partial charge in [0.15, 0.2) is 0 Å². The monoisotopic (exact) mass is 249 g/mol. The summed E-state index contributed by atoms with van der Waals surface area (Å²) in [6.07, 6.45) is 7.41. The molecule has 0 aliphatic rings. The lowest BCUT2D eigenvalue weighted by Crippen LogP contribution is -1.70. The SMILES string of the molecule is C(=Cc1ccccc1)c1ccccc1.c1cn[nH]n1. The van der Waals surface area contributed by atoms with Crippen LogP contribution in [0.25, 0.3) is 12.2 Å². The van der Waals surface area contributed by atoms with E-state index in [1.165, 1.54) is 11.1 Å². The molecular weight excluding hydrogens is 234 g/mol. The number of hydrogen-bond acceptors (Lipinski definition) is 2. The second-order valence-electron chi connectivity index (χ2n) is 3.81. The summed E-state index contributed by atoms with van der Waals surface area (Å²) in [6, 6.07) is 20.6. The van der Waals surface area contributed by atoms with Crippen LogP contribution >= 0.6 is 0 Å². The Morgan fingerprint density at radius 2 is 1.05 bits per heavy atom. The minimum absolute atomic E-state index is 1.23. The minimum atomic E-state index is 1.23. The van der Waals surface area contributed by atoms with Crippen molar-refractivity contribution in [3.05, 3.63) is 84.2 Å². The largest absolute Gasteiger partial charge is 0.198 e. The number of H-pyrrole nitrogens is 1. The second kappa shape index (κ2) is 7.61. The maximum absolute atomic E-state index is 3.49. The van der Waals surface area contributed by atoms with Crippen LogP contribution in [0.5, 0.6) is 0 Å². The van der Waals surface area contributed by atoms with Crippen LogP contribution in [0.3, 0.4) is 0 Å². The highest BCUT2D eigenvalue weighted by atomic mass is 15.3. The number of benzene rings is 2. The maximum atomic E-state index is 3.49. The van der Waals surface area contributed by atoms with Gasteiger partial charge >= 0.3 is 0 Å². The summed E-state index contributed by atoms with van der Waals surface area (Å²) in [5.74, 6) is 0.